The van der Waals surface area contributed by atoms with Gasteiger partial charge in [0.2, 0.25) is 0 Å². The molecule has 0 radical (unpaired) electrons. The van der Waals surface area contributed by atoms with Gasteiger partial charge in [-0.15, -0.1) is 0 Å². The lowest BCUT2D eigenvalue weighted by Crippen LogP contribution is -1.97. The summed E-state index contributed by atoms with van der Waals surface area (Å²) in [6.45, 7) is 2.44. The number of rotatable bonds is 2. The molecule has 0 aliphatic carbocycles. The van der Waals surface area contributed by atoms with Crippen molar-refractivity contribution in [2.45, 2.75) is 25.9 Å². The first-order chi connectivity index (χ1) is 6.77. The van der Waals surface area contributed by atoms with Crippen LogP contribution in [0.2, 0.25) is 0 Å². The Morgan fingerprint density at radius 1 is 1.36 bits per heavy atom. The predicted molar refractivity (Wildman–Crippen MR) is 54.4 cm³/mol. The van der Waals surface area contributed by atoms with E-state index in [1.807, 2.05) is 24.3 Å². The van der Waals surface area contributed by atoms with Gasteiger partial charge in [-0.3, -0.25) is 4.79 Å². The number of carbonyl (C=O) groups excluding carboxylic acids is 1. The minimum absolute atomic E-state index is 0.115. The van der Waals surface area contributed by atoms with Gasteiger partial charge in [0.1, 0.15) is 0 Å². The van der Waals surface area contributed by atoms with Crippen molar-refractivity contribution < 1.29 is 9.53 Å². The molecule has 0 saturated carbocycles. The van der Waals surface area contributed by atoms with Gasteiger partial charge in [-0.25, -0.2) is 0 Å². The Morgan fingerprint density at radius 3 is 2.57 bits per heavy atom. The number of hydrogen-bond donors (Lipinski definition) is 0. The van der Waals surface area contributed by atoms with Crippen LogP contribution in [0, 0.1) is 0 Å². The number of ketones is 1. The summed E-state index contributed by atoms with van der Waals surface area (Å²) in [7, 11) is 0. The summed E-state index contributed by atoms with van der Waals surface area (Å²) < 4.78 is 5.55. The first kappa shape index (κ1) is 9.41. The molecular formula is C12H14O2. The lowest BCUT2D eigenvalue weighted by atomic mass is 10.0. The average Bonchev–Trinajstić information content (AvgIpc) is 2.71. The fourth-order valence-electron chi connectivity index (χ4n) is 1.77. The van der Waals surface area contributed by atoms with Gasteiger partial charge >= 0.3 is 0 Å². The molecule has 1 fully saturated rings. The fraction of sp³-hybridized carbons (Fsp3) is 0.417. The summed E-state index contributed by atoms with van der Waals surface area (Å²) >= 11 is 0. The van der Waals surface area contributed by atoms with E-state index >= 15 is 0 Å². The molecule has 1 heterocycles. The number of Topliss-reactive ketones (excluding diaryl/α,β-unsaturated/α-hetero) is 1. The highest BCUT2D eigenvalue weighted by molar-refractivity contribution is 5.94. The molecule has 1 atom stereocenters. The second-order valence-corrected chi connectivity index (χ2v) is 3.68. The SMILES string of the molecule is CC(=O)c1ccc([C@@H]2CCCO2)cc1. The molecule has 0 amide bonds. The van der Waals surface area contributed by atoms with Crippen LogP contribution in [0.15, 0.2) is 24.3 Å². The Kier molecular flexibility index (Phi) is 2.64. The Labute approximate surface area is 83.9 Å². The topological polar surface area (TPSA) is 26.3 Å². The molecule has 0 spiro atoms. The monoisotopic (exact) mass is 190 g/mol. The minimum Gasteiger partial charge on any atom is -0.374 e. The van der Waals surface area contributed by atoms with Gasteiger partial charge < -0.3 is 4.74 Å². The third-order valence-electron chi connectivity index (χ3n) is 2.62. The van der Waals surface area contributed by atoms with E-state index in [1.165, 1.54) is 5.56 Å². The van der Waals surface area contributed by atoms with Gasteiger partial charge in [0.05, 0.1) is 6.10 Å². The summed E-state index contributed by atoms with van der Waals surface area (Å²) in [5.41, 5.74) is 1.96. The molecule has 1 saturated heterocycles. The van der Waals surface area contributed by atoms with E-state index in [2.05, 4.69) is 0 Å². The van der Waals surface area contributed by atoms with Gasteiger partial charge in [-0.2, -0.15) is 0 Å². The molecule has 2 nitrogen and oxygen atoms in total. The normalized spacial score (nSPS) is 21.1. The largest absolute Gasteiger partial charge is 0.374 e. The maximum Gasteiger partial charge on any atom is 0.159 e. The van der Waals surface area contributed by atoms with E-state index in [-0.39, 0.29) is 11.9 Å². The molecule has 0 unspecified atom stereocenters. The number of ether oxygens (including phenoxy) is 1. The van der Waals surface area contributed by atoms with Gasteiger partial charge in [-0.1, -0.05) is 24.3 Å². The van der Waals surface area contributed by atoms with Crippen molar-refractivity contribution in [3.8, 4) is 0 Å². The van der Waals surface area contributed by atoms with Crippen molar-refractivity contribution in [1.29, 1.82) is 0 Å². The summed E-state index contributed by atoms with van der Waals surface area (Å²) in [6.07, 6.45) is 2.48. The second-order valence-electron chi connectivity index (χ2n) is 3.68. The first-order valence-electron chi connectivity index (χ1n) is 5.00. The van der Waals surface area contributed by atoms with Crippen molar-refractivity contribution in [2.24, 2.45) is 0 Å². The van der Waals surface area contributed by atoms with Crippen molar-refractivity contribution in [3.63, 3.8) is 0 Å². The number of benzene rings is 1. The molecule has 74 valence electrons. The average molecular weight is 190 g/mol. The van der Waals surface area contributed by atoms with Gasteiger partial charge in [0.25, 0.3) is 0 Å². The molecule has 1 aromatic carbocycles. The standard InChI is InChI=1S/C12H14O2/c1-9(13)10-4-6-11(7-5-10)12-3-2-8-14-12/h4-7,12H,2-3,8H2,1H3/t12-/m0/s1. The lowest BCUT2D eigenvalue weighted by molar-refractivity contribution is 0.101. The zero-order valence-corrected chi connectivity index (χ0v) is 8.32. The van der Waals surface area contributed by atoms with E-state index in [4.69, 9.17) is 4.74 Å². The number of carbonyl (C=O) groups is 1. The van der Waals surface area contributed by atoms with E-state index in [1.54, 1.807) is 6.92 Å². The molecule has 14 heavy (non-hydrogen) atoms. The zero-order valence-electron chi connectivity index (χ0n) is 8.32. The highest BCUT2D eigenvalue weighted by Crippen LogP contribution is 2.28. The highest BCUT2D eigenvalue weighted by atomic mass is 16.5. The molecule has 1 aliphatic rings. The summed E-state index contributed by atoms with van der Waals surface area (Å²) in [6, 6.07) is 7.73. The fourth-order valence-corrected chi connectivity index (χ4v) is 1.77. The van der Waals surface area contributed by atoms with E-state index in [0.717, 1.165) is 25.0 Å². The van der Waals surface area contributed by atoms with Crippen LogP contribution in [0.25, 0.3) is 0 Å². The van der Waals surface area contributed by atoms with Crippen LogP contribution >= 0.6 is 0 Å². The summed E-state index contributed by atoms with van der Waals surface area (Å²) in [5.74, 6) is 0.115. The minimum atomic E-state index is 0.115. The van der Waals surface area contributed by atoms with Crippen LogP contribution in [0.1, 0.15) is 41.8 Å². The third kappa shape index (κ3) is 1.85. The van der Waals surface area contributed by atoms with Crippen LogP contribution in [0.3, 0.4) is 0 Å². The van der Waals surface area contributed by atoms with E-state index in [9.17, 15) is 4.79 Å². The summed E-state index contributed by atoms with van der Waals surface area (Å²) in [5, 5.41) is 0. The van der Waals surface area contributed by atoms with Crippen molar-refractivity contribution >= 4 is 5.78 Å². The molecule has 1 aromatic rings. The van der Waals surface area contributed by atoms with E-state index in [0.29, 0.717) is 0 Å². The lowest BCUT2D eigenvalue weighted by Gasteiger charge is -2.09. The number of hydrogen-bond acceptors (Lipinski definition) is 2. The zero-order chi connectivity index (χ0) is 9.97. The van der Waals surface area contributed by atoms with Gasteiger partial charge in [-0.05, 0) is 25.3 Å². The van der Waals surface area contributed by atoms with Crippen LogP contribution in [0.4, 0.5) is 0 Å². The highest BCUT2D eigenvalue weighted by Gasteiger charge is 2.17. The van der Waals surface area contributed by atoms with Crippen LogP contribution in [-0.2, 0) is 4.74 Å². The van der Waals surface area contributed by atoms with Crippen molar-refractivity contribution in [1.82, 2.24) is 0 Å². The first-order valence-corrected chi connectivity index (χ1v) is 5.00. The van der Waals surface area contributed by atoms with Crippen LogP contribution in [-0.4, -0.2) is 12.4 Å². The van der Waals surface area contributed by atoms with Gasteiger partial charge in [0, 0.05) is 12.2 Å². The predicted octanol–water partition coefficient (Wildman–Crippen LogP) is 2.74. The van der Waals surface area contributed by atoms with E-state index < -0.39 is 0 Å². The molecule has 0 N–H and O–H groups in total. The Morgan fingerprint density at radius 2 is 2.07 bits per heavy atom. The second kappa shape index (κ2) is 3.93. The molecular weight excluding hydrogens is 176 g/mol. The molecule has 2 heteroatoms. The summed E-state index contributed by atoms with van der Waals surface area (Å²) in [4.78, 5) is 11.0. The van der Waals surface area contributed by atoms with Crippen LogP contribution in [0.5, 0.6) is 0 Å². The van der Waals surface area contributed by atoms with Gasteiger partial charge in [0.15, 0.2) is 5.78 Å². The molecule has 0 bridgehead atoms. The maximum atomic E-state index is 11.0. The quantitative estimate of drug-likeness (QED) is 0.670. The Hall–Kier alpha value is -1.15. The Bertz CT molecular complexity index is 321. The van der Waals surface area contributed by atoms with Crippen molar-refractivity contribution in [2.75, 3.05) is 6.61 Å². The smallest absolute Gasteiger partial charge is 0.159 e. The molecule has 2 rings (SSSR count). The maximum absolute atomic E-state index is 11.0. The van der Waals surface area contributed by atoms with Crippen LogP contribution < -0.4 is 0 Å². The third-order valence-corrected chi connectivity index (χ3v) is 2.62. The van der Waals surface area contributed by atoms with Crippen molar-refractivity contribution in [3.05, 3.63) is 35.4 Å². The molecule has 0 aromatic heterocycles. The molecule has 1 aliphatic heterocycles. The Balaban J connectivity index is 2.16.